The smallest absolute Gasteiger partial charge is 0.247 e. The number of likely N-dealkylation sites (tertiary alicyclic amines) is 1. The Hall–Kier alpha value is -2.50. The van der Waals surface area contributed by atoms with Crippen LogP contribution in [0.15, 0.2) is 24.3 Å². The van der Waals surface area contributed by atoms with Crippen LogP contribution < -0.4 is 17.2 Å². The zero-order valence-electron chi connectivity index (χ0n) is 11.1. The lowest BCUT2D eigenvalue weighted by molar-refractivity contribution is -0.133. The minimum absolute atomic E-state index is 0.242. The fourth-order valence-electron chi connectivity index (χ4n) is 2.32. The number of carbonyl (C=O) groups is 2. The molecule has 0 saturated carbocycles. The minimum Gasteiger partial charge on any atom is -0.399 e. The monoisotopic (exact) mass is 274 g/mol. The van der Waals surface area contributed by atoms with Crippen LogP contribution in [0, 0.1) is 0 Å². The van der Waals surface area contributed by atoms with Gasteiger partial charge in [-0.15, -0.1) is 0 Å². The Balaban J connectivity index is 2.13. The molecule has 0 unspecified atom stereocenters. The summed E-state index contributed by atoms with van der Waals surface area (Å²) in [6.07, 6.45) is 4.40. The van der Waals surface area contributed by atoms with Crippen LogP contribution in [0.4, 0.5) is 11.4 Å². The molecule has 1 fully saturated rings. The van der Waals surface area contributed by atoms with Crippen molar-refractivity contribution in [3.63, 3.8) is 0 Å². The predicted molar refractivity (Wildman–Crippen MR) is 78.2 cm³/mol. The van der Waals surface area contributed by atoms with E-state index in [1.807, 2.05) is 0 Å². The van der Waals surface area contributed by atoms with Crippen LogP contribution in [-0.4, -0.2) is 29.3 Å². The van der Waals surface area contributed by atoms with Crippen molar-refractivity contribution >= 4 is 29.3 Å². The van der Waals surface area contributed by atoms with E-state index in [0.29, 0.717) is 29.9 Å². The van der Waals surface area contributed by atoms with Crippen molar-refractivity contribution in [2.75, 3.05) is 18.0 Å². The van der Waals surface area contributed by atoms with E-state index in [2.05, 4.69) is 0 Å². The summed E-state index contributed by atoms with van der Waals surface area (Å²) in [5.74, 6) is -0.708. The lowest BCUT2D eigenvalue weighted by Crippen LogP contribution is -2.43. The van der Waals surface area contributed by atoms with E-state index in [4.69, 9.17) is 17.2 Å². The molecule has 0 aromatic heterocycles. The molecule has 1 aromatic carbocycles. The van der Waals surface area contributed by atoms with Crippen molar-refractivity contribution in [3.05, 3.63) is 29.8 Å². The van der Waals surface area contributed by atoms with Gasteiger partial charge in [0, 0.05) is 24.0 Å². The molecule has 1 aromatic rings. The van der Waals surface area contributed by atoms with Crippen molar-refractivity contribution in [1.29, 1.82) is 0 Å². The normalized spacial score (nSPS) is 18.6. The van der Waals surface area contributed by atoms with E-state index in [1.54, 1.807) is 24.3 Å². The Kier molecular flexibility index (Phi) is 3.93. The highest BCUT2D eigenvalue weighted by Crippen LogP contribution is 2.20. The topological polar surface area (TPSA) is 115 Å². The summed E-state index contributed by atoms with van der Waals surface area (Å²) in [6.45, 7) is 0.545. The van der Waals surface area contributed by atoms with Gasteiger partial charge >= 0.3 is 0 Å². The van der Waals surface area contributed by atoms with Crippen LogP contribution in [0.25, 0.3) is 6.08 Å². The first-order chi connectivity index (χ1) is 9.49. The summed E-state index contributed by atoms with van der Waals surface area (Å²) in [5.41, 5.74) is 18.5. The maximum Gasteiger partial charge on any atom is 0.247 e. The maximum atomic E-state index is 12.1. The molecule has 0 radical (unpaired) electrons. The third-order valence-corrected chi connectivity index (χ3v) is 3.38. The Morgan fingerprint density at radius 2 is 2.05 bits per heavy atom. The van der Waals surface area contributed by atoms with Gasteiger partial charge in [-0.2, -0.15) is 0 Å². The summed E-state index contributed by atoms with van der Waals surface area (Å²) in [7, 11) is 0. The first-order valence-corrected chi connectivity index (χ1v) is 6.42. The van der Waals surface area contributed by atoms with E-state index in [-0.39, 0.29) is 5.91 Å². The molecule has 6 nitrogen and oxygen atoms in total. The van der Waals surface area contributed by atoms with Gasteiger partial charge in [0.25, 0.3) is 0 Å². The van der Waals surface area contributed by atoms with Crippen LogP contribution >= 0.6 is 0 Å². The van der Waals surface area contributed by atoms with Crippen LogP contribution in [0.3, 0.4) is 0 Å². The molecule has 1 aliphatic heterocycles. The molecule has 106 valence electrons. The molecule has 0 aliphatic carbocycles. The molecule has 0 bridgehead atoms. The molecule has 20 heavy (non-hydrogen) atoms. The number of anilines is 2. The van der Waals surface area contributed by atoms with Crippen molar-refractivity contribution in [2.24, 2.45) is 5.73 Å². The van der Waals surface area contributed by atoms with Crippen LogP contribution in [0.2, 0.25) is 0 Å². The maximum absolute atomic E-state index is 12.1. The number of carbonyl (C=O) groups excluding carboxylic acids is 2. The van der Waals surface area contributed by atoms with Gasteiger partial charge in [-0.05, 0) is 42.7 Å². The second-order valence-electron chi connectivity index (χ2n) is 4.81. The second kappa shape index (κ2) is 5.64. The van der Waals surface area contributed by atoms with Crippen molar-refractivity contribution < 1.29 is 9.59 Å². The highest BCUT2D eigenvalue weighted by molar-refractivity contribution is 5.96. The van der Waals surface area contributed by atoms with E-state index in [9.17, 15) is 9.59 Å². The van der Waals surface area contributed by atoms with Crippen LogP contribution in [-0.2, 0) is 9.59 Å². The van der Waals surface area contributed by atoms with E-state index in [0.717, 1.165) is 6.42 Å². The molecule has 1 aliphatic rings. The van der Waals surface area contributed by atoms with Gasteiger partial charge < -0.3 is 22.1 Å². The van der Waals surface area contributed by atoms with Gasteiger partial charge in [-0.1, -0.05) is 0 Å². The number of hydrogen-bond acceptors (Lipinski definition) is 4. The van der Waals surface area contributed by atoms with Gasteiger partial charge in [-0.3, -0.25) is 9.59 Å². The number of primary amides is 1. The van der Waals surface area contributed by atoms with Gasteiger partial charge in [0.05, 0.1) is 0 Å². The summed E-state index contributed by atoms with van der Waals surface area (Å²) >= 11 is 0. The third kappa shape index (κ3) is 2.90. The highest BCUT2D eigenvalue weighted by Gasteiger charge is 2.31. The average Bonchev–Trinajstić information content (AvgIpc) is 2.89. The van der Waals surface area contributed by atoms with Crippen molar-refractivity contribution in [3.8, 4) is 0 Å². The van der Waals surface area contributed by atoms with Crippen molar-refractivity contribution in [2.45, 2.75) is 18.9 Å². The zero-order chi connectivity index (χ0) is 14.7. The summed E-state index contributed by atoms with van der Waals surface area (Å²) < 4.78 is 0. The zero-order valence-corrected chi connectivity index (χ0v) is 11.1. The first-order valence-electron chi connectivity index (χ1n) is 6.42. The second-order valence-corrected chi connectivity index (χ2v) is 4.81. The number of rotatable bonds is 3. The molecule has 6 heteroatoms. The van der Waals surface area contributed by atoms with Gasteiger partial charge in [-0.25, -0.2) is 0 Å². The number of hydrogen-bond donors (Lipinski definition) is 3. The average molecular weight is 274 g/mol. The molecule has 0 spiro atoms. The summed E-state index contributed by atoms with van der Waals surface area (Å²) in [4.78, 5) is 24.8. The number of nitrogens with two attached hydrogens (primary N) is 3. The van der Waals surface area contributed by atoms with Gasteiger partial charge in [0.1, 0.15) is 6.04 Å². The van der Waals surface area contributed by atoms with Crippen LogP contribution in [0.1, 0.15) is 18.4 Å². The molecule has 2 rings (SSSR count). The number of nitrogens with zero attached hydrogens (tertiary/aromatic N) is 1. The van der Waals surface area contributed by atoms with E-state index >= 15 is 0 Å². The van der Waals surface area contributed by atoms with E-state index < -0.39 is 11.9 Å². The molecule has 1 saturated heterocycles. The molecular formula is C14H18N4O2. The molecule has 1 atom stereocenters. The van der Waals surface area contributed by atoms with Gasteiger partial charge in [0.2, 0.25) is 11.8 Å². The minimum atomic E-state index is -0.509. The standard InChI is InChI=1S/C14H18N4O2/c15-10-4-5-11(16)9(8-10)3-6-13(19)18-7-1-2-12(18)14(17)20/h3-6,8,12H,1-2,7,15-16H2,(H2,17,20)/t12-/m0/s1. The SMILES string of the molecule is NC(=O)[C@@H]1CCCN1C(=O)C=Cc1cc(N)ccc1N. The molecule has 2 amide bonds. The number of nitrogen functional groups attached to an aromatic ring is 2. The lowest BCUT2D eigenvalue weighted by Gasteiger charge is -2.20. The number of amides is 2. The summed E-state index contributed by atoms with van der Waals surface area (Å²) in [6, 6.07) is 4.55. The van der Waals surface area contributed by atoms with E-state index in [1.165, 1.54) is 11.0 Å². The van der Waals surface area contributed by atoms with Gasteiger partial charge in [0.15, 0.2) is 0 Å². The fraction of sp³-hybridized carbons (Fsp3) is 0.286. The third-order valence-electron chi connectivity index (χ3n) is 3.38. The highest BCUT2D eigenvalue weighted by atomic mass is 16.2. The van der Waals surface area contributed by atoms with Crippen molar-refractivity contribution in [1.82, 2.24) is 4.90 Å². The summed E-state index contributed by atoms with van der Waals surface area (Å²) in [5, 5.41) is 0. The Morgan fingerprint density at radius 1 is 1.30 bits per heavy atom. The fourth-order valence-corrected chi connectivity index (χ4v) is 2.32. The Bertz CT molecular complexity index is 568. The molecular weight excluding hydrogens is 256 g/mol. The Morgan fingerprint density at radius 3 is 2.75 bits per heavy atom. The lowest BCUT2D eigenvalue weighted by atomic mass is 10.1. The molecule has 1 heterocycles. The quantitative estimate of drug-likeness (QED) is 0.544. The largest absolute Gasteiger partial charge is 0.399 e. The predicted octanol–water partition coefficient (Wildman–Crippen LogP) is 0.340. The first kappa shape index (κ1) is 13.9. The van der Waals surface area contributed by atoms with Crippen LogP contribution in [0.5, 0.6) is 0 Å². The number of benzene rings is 1. The molecule has 6 N–H and O–H groups in total. The Labute approximate surface area is 117 Å².